The molecule has 0 radical (unpaired) electrons. The van der Waals surface area contributed by atoms with Gasteiger partial charge in [0, 0.05) is 26.1 Å². The molecule has 4 nitrogen and oxygen atoms in total. The summed E-state index contributed by atoms with van der Waals surface area (Å²) < 4.78 is 17.3. The highest BCUT2D eigenvalue weighted by molar-refractivity contribution is 5.39. The molecule has 1 aromatic carbocycles. The van der Waals surface area contributed by atoms with Gasteiger partial charge in [-0.1, -0.05) is 12.1 Å². The van der Waals surface area contributed by atoms with E-state index in [0.29, 0.717) is 12.2 Å². The van der Waals surface area contributed by atoms with Gasteiger partial charge in [-0.05, 0) is 62.3 Å². The minimum absolute atomic E-state index is 0.357. The quantitative estimate of drug-likeness (QED) is 0.759. The van der Waals surface area contributed by atoms with Crippen molar-refractivity contribution < 1.29 is 14.2 Å². The number of benzene rings is 1. The highest BCUT2D eigenvalue weighted by atomic mass is 16.5. The molecule has 0 amide bonds. The molecular weight excluding hydrogens is 314 g/mol. The fraction of sp³-hybridized carbons (Fsp3) is 0.714. The standard InChI is InChI=1S/C21H31NO3/c1(3-17-5-6-21-18(15-17)9-14-24-21)10-22-11-7-19(8-12-22)25-16-20-4-2-13-23-20/h5-6,15,19-20H,1-4,7-14,16H2. The first-order valence-electron chi connectivity index (χ1n) is 10.1. The molecule has 0 N–H and O–H groups in total. The van der Waals surface area contributed by atoms with Gasteiger partial charge in [-0.15, -0.1) is 0 Å². The number of rotatable bonds is 7. The second-order valence-electron chi connectivity index (χ2n) is 7.65. The van der Waals surface area contributed by atoms with E-state index in [0.717, 1.165) is 32.0 Å². The third-order valence-corrected chi connectivity index (χ3v) is 5.77. The molecule has 1 aromatic rings. The van der Waals surface area contributed by atoms with Gasteiger partial charge in [-0.25, -0.2) is 0 Å². The van der Waals surface area contributed by atoms with Gasteiger partial charge in [0.05, 0.1) is 25.4 Å². The molecule has 0 spiro atoms. The fourth-order valence-electron chi connectivity index (χ4n) is 4.22. The Morgan fingerprint density at radius 1 is 1.12 bits per heavy atom. The summed E-state index contributed by atoms with van der Waals surface area (Å²) in [7, 11) is 0. The number of piperidine rings is 1. The van der Waals surface area contributed by atoms with Crippen LogP contribution < -0.4 is 4.74 Å². The molecular formula is C21H31NO3. The van der Waals surface area contributed by atoms with Crippen LogP contribution in [0.5, 0.6) is 5.75 Å². The lowest BCUT2D eigenvalue weighted by atomic mass is 10.0. The lowest BCUT2D eigenvalue weighted by Crippen LogP contribution is -2.38. The van der Waals surface area contributed by atoms with Crippen molar-refractivity contribution in [2.45, 2.75) is 57.2 Å². The Bertz CT molecular complexity index is 548. The molecule has 0 aromatic heterocycles. The van der Waals surface area contributed by atoms with Gasteiger partial charge in [0.25, 0.3) is 0 Å². The Hall–Kier alpha value is -1.10. The van der Waals surface area contributed by atoms with E-state index in [9.17, 15) is 0 Å². The average Bonchev–Trinajstić information content (AvgIpc) is 3.32. The van der Waals surface area contributed by atoms with Crippen LogP contribution in [0, 0.1) is 0 Å². The summed E-state index contributed by atoms with van der Waals surface area (Å²) >= 11 is 0. The van der Waals surface area contributed by atoms with Gasteiger partial charge >= 0.3 is 0 Å². The molecule has 1 atom stereocenters. The fourth-order valence-corrected chi connectivity index (χ4v) is 4.22. The lowest BCUT2D eigenvalue weighted by molar-refractivity contribution is -0.0419. The third kappa shape index (κ3) is 4.75. The van der Waals surface area contributed by atoms with Gasteiger partial charge in [-0.2, -0.15) is 0 Å². The van der Waals surface area contributed by atoms with E-state index in [-0.39, 0.29) is 0 Å². The average molecular weight is 345 g/mol. The Morgan fingerprint density at radius 3 is 2.88 bits per heavy atom. The van der Waals surface area contributed by atoms with Crippen LogP contribution in [0.2, 0.25) is 0 Å². The smallest absolute Gasteiger partial charge is 0.122 e. The topological polar surface area (TPSA) is 30.9 Å². The second-order valence-corrected chi connectivity index (χ2v) is 7.65. The van der Waals surface area contributed by atoms with E-state index >= 15 is 0 Å². The highest BCUT2D eigenvalue weighted by Gasteiger charge is 2.22. The Balaban J connectivity index is 1.12. The lowest BCUT2D eigenvalue weighted by Gasteiger charge is -2.32. The van der Waals surface area contributed by atoms with E-state index in [1.165, 1.54) is 69.3 Å². The molecule has 3 heterocycles. The molecule has 0 saturated carbocycles. The minimum Gasteiger partial charge on any atom is -0.493 e. The van der Waals surface area contributed by atoms with Gasteiger partial charge in [0.1, 0.15) is 5.75 Å². The first kappa shape index (κ1) is 17.3. The summed E-state index contributed by atoms with van der Waals surface area (Å²) in [5.41, 5.74) is 2.85. The summed E-state index contributed by atoms with van der Waals surface area (Å²) in [4.78, 5) is 2.60. The maximum Gasteiger partial charge on any atom is 0.122 e. The largest absolute Gasteiger partial charge is 0.493 e. The number of hydrogen-bond donors (Lipinski definition) is 0. The SMILES string of the molecule is c1cc2c(cc1CCCN1CCC(OCC3CCCO3)CC1)CCO2. The minimum atomic E-state index is 0.357. The second kappa shape index (κ2) is 8.52. The van der Waals surface area contributed by atoms with Crippen molar-refractivity contribution in [3.05, 3.63) is 29.3 Å². The van der Waals surface area contributed by atoms with Gasteiger partial charge in [-0.3, -0.25) is 0 Å². The van der Waals surface area contributed by atoms with Crippen molar-refractivity contribution >= 4 is 0 Å². The van der Waals surface area contributed by atoms with E-state index in [4.69, 9.17) is 14.2 Å². The number of fused-ring (bicyclic) bond motifs is 1. The van der Waals surface area contributed by atoms with Crippen molar-refractivity contribution in [1.82, 2.24) is 4.90 Å². The molecule has 4 rings (SSSR count). The number of aryl methyl sites for hydroxylation is 1. The van der Waals surface area contributed by atoms with Crippen molar-refractivity contribution in [2.24, 2.45) is 0 Å². The maximum atomic E-state index is 6.07. The molecule has 2 fully saturated rings. The molecule has 1 unspecified atom stereocenters. The van der Waals surface area contributed by atoms with Crippen LogP contribution in [0.3, 0.4) is 0 Å². The Morgan fingerprint density at radius 2 is 2.04 bits per heavy atom. The molecule has 0 bridgehead atoms. The Labute approximate surface area is 151 Å². The summed E-state index contributed by atoms with van der Waals surface area (Å²) in [6.07, 6.45) is 8.99. The molecule has 2 saturated heterocycles. The van der Waals surface area contributed by atoms with Crippen molar-refractivity contribution in [3.63, 3.8) is 0 Å². The number of ether oxygens (including phenoxy) is 3. The molecule has 25 heavy (non-hydrogen) atoms. The molecule has 4 heteroatoms. The van der Waals surface area contributed by atoms with Crippen LogP contribution in [0.25, 0.3) is 0 Å². The zero-order valence-electron chi connectivity index (χ0n) is 15.3. The number of likely N-dealkylation sites (tertiary alicyclic amines) is 1. The molecule has 138 valence electrons. The van der Waals surface area contributed by atoms with Crippen molar-refractivity contribution in [3.8, 4) is 5.75 Å². The number of hydrogen-bond acceptors (Lipinski definition) is 4. The van der Waals surface area contributed by atoms with Crippen LogP contribution in [0.4, 0.5) is 0 Å². The predicted molar refractivity (Wildman–Crippen MR) is 98.4 cm³/mol. The molecule has 3 aliphatic rings. The van der Waals surface area contributed by atoms with Crippen LogP contribution in [0.1, 0.15) is 43.2 Å². The van der Waals surface area contributed by atoms with E-state index in [1.807, 2.05) is 0 Å². The van der Waals surface area contributed by atoms with Crippen LogP contribution in [-0.2, 0) is 22.3 Å². The first-order valence-corrected chi connectivity index (χ1v) is 10.1. The van der Waals surface area contributed by atoms with Gasteiger partial charge in [0.15, 0.2) is 0 Å². The maximum absolute atomic E-state index is 6.07. The van der Waals surface area contributed by atoms with Crippen LogP contribution in [-0.4, -0.2) is 56.6 Å². The summed E-state index contributed by atoms with van der Waals surface area (Å²) in [6.45, 7) is 6.12. The Kier molecular flexibility index (Phi) is 5.90. The van der Waals surface area contributed by atoms with E-state index < -0.39 is 0 Å². The molecule has 0 aliphatic carbocycles. The zero-order valence-corrected chi connectivity index (χ0v) is 15.3. The highest BCUT2D eigenvalue weighted by Crippen LogP contribution is 2.26. The van der Waals surface area contributed by atoms with Crippen molar-refractivity contribution in [2.75, 3.05) is 39.5 Å². The van der Waals surface area contributed by atoms with Gasteiger partial charge in [0.2, 0.25) is 0 Å². The molecule has 3 aliphatic heterocycles. The zero-order chi connectivity index (χ0) is 16.9. The van der Waals surface area contributed by atoms with Crippen molar-refractivity contribution in [1.29, 1.82) is 0 Å². The summed E-state index contributed by atoms with van der Waals surface area (Å²) in [6, 6.07) is 6.72. The third-order valence-electron chi connectivity index (χ3n) is 5.77. The number of nitrogens with zero attached hydrogens (tertiary/aromatic N) is 1. The van der Waals surface area contributed by atoms with E-state index in [1.54, 1.807) is 0 Å². The first-order chi connectivity index (χ1) is 12.4. The van der Waals surface area contributed by atoms with Gasteiger partial charge < -0.3 is 19.1 Å². The summed E-state index contributed by atoms with van der Waals surface area (Å²) in [5.74, 6) is 1.09. The van der Waals surface area contributed by atoms with Crippen LogP contribution >= 0.6 is 0 Å². The summed E-state index contributed by atoms with van der Waals surface area (Å²) in [5, 5.41) is 0. The van der Waals surface area contributed by atoms with E-state index in [2.05, 4.69) is 23.1 Å². The van der Waals surface area contributed by atoms with Crippen LogP contribution in [0.15, 0.2) is 18.2 Å². The normalized spacial score (nSPS) is 24.4. The monoisotopic (exact) mass is 345 g/mol. The predicted octanol–water partition coefficient (Wildman–Crippen LogP) is 3.21.